The molecule has 0 unspecified atom stereocenters. The molecule has 1 amide bonds. The van der Waals surface area contributed by atoms with E-state index in [9.17, 15) is 13.2 Å². The fourth-order valence-corrected chi connectivity index (χ4v) is 6.58. The van der Waals surface area contributed by atoms with Crippen LogP contribution < -0.4 is 10.1 Å². The number of sulfonamides is 1. The highest BCUT2D eigenvalue weighted by atomic mass is 32.2. The monoisotopic (exact) mass is 569 g/mol. The van der Waals surface area contributed by atoms with Crippen LogP contribution in [0.25, 0.3) is 0 Å². The molecule has 7 nitrogen and oxygen atoms in total. The maximum Gasteiger partial charge on any atom is 0.259 e. The van der Waals surface area contributed by atoms with E-state index in [0.717, 1.165) is 0 Å². The Morgan fingerprint density at radius 3 is 1.83 bits per heavy atom. The SMILES string of the molecule is CC(C)Oc1ccccc1C(=O)Nc1ccc(S(=O)(=O)N2CCN(C(c3ccccc3)c3ccccc3)CC2)cc1. The number of hydrogen-bond acceptors (Lipinski definition) is 5. The minimum Gasteiger partial charge on any atom is -0.490 e. The lowest BCUT2D eigenvalue weighted by Gasteiger charge is -2.39. The van der Waals surface area contributed by atoms with Gasteiger partial charge in [-0.2, -0.15) is 4.31 Å². The van der Waals surface area contributed by atoms with Crippen molar-refractivity contribution in [2.45, 2.75) is 30.9 Å². The quantitative estimate of drug-likeness (QED) is 0.275. The molecule has 0 atom stereocenters. The molecule has 1 saturated heterocycles. The smallest absolute Gasteiger partial charge is 0.259 e. The molecule has 8 heteroatoms. The minimum absolute atomic E-state index is 0.0567. The van der Waals surface area contributed by atoms with Crippen molar-refractivity contribution in [3.8, 4) is 5.75 Å². The number of ether oxygens (including phenoxy) is 1. The molecule has 41 heavy (non-hydrogen) atoms. The topological polar surface area (TPSA) is 78.9 Å². The molecule has 212 valence electrons. The first-order valence-corrected chi connectivity index (χ1v) is 15.3. The van der Waals surface area contributed by atoms with Gasteiger partial charge in [-0.1, -0.05) is 72.8 Å². The van der Waals surface area contributed by atoms with Crippen LogP contribution in [0, 0.1) is 0 Å². The van der Waals surface area contributed by atoms with Gasteiger partial charge < -0.3 is 10.1 Å². The summed E-state index contributed by atoms with van der Waals surface area (Å²) in [4.78, 5) is 15.5. The molecule has 0 spiro atoms. The van der Waals surface area contributed by atoms with Crippen molar-refractivity contribution in [1.29, 1.82) is 0 Å². The lowest BCUT2D eigenvalue weighted by atomic mass is 9.96. The molecule has 0 aromatic heterocycles. The number of amides is 1. The highest BCUT2D eigenvalue weighted by Gasteiger charge is 2.32. The van der Waals surface area contributed by atoms with Crippen molar-refractivity contribution in [2.75, 3.05) is 31.5 Å². The third kappa shape index (κ3) is 6.68. The maximum atomic E-state index is 13.5. The van der Waals surface area contributed by atoms with Gasteiger partial charge in [0.2, 0.25) is 10.0 Å². The van der Waals surface area contributed by atoms with Crippen LogP contribution in [0.5, 0.6) is 5.75 Å². The van der Waals surface area contributed by atoms with Crippen LogP contribution >= 0.6 is 0 Å². The third-order valence-electron chi connectivity index (χ3n) is 7.11. The molecule has 0 aliphatic carbocycles. The summed E-state index contributed by atoms with van der Waals surface area (Å²) in [6, 6.07) is 34.1. The molecule has 4 aromatic carbocycles. The van der Waals surface area contributed by atoms with E-state index in [1.165, 1.54) is 11.1 Å². The Bertz CT molecular complexity index is 1510. The maximum absolute atomic E-state index is 13.5. The van der Waals surface area contributed by atoms with E-state index in [1.54, 1.807) is 46.8 Å². The second-order valence-corrected chi connectivity index (χ2v) is 12.2. The molecule has 1 fully saturated rings. The molecule has 0 bridgehead atoms. The predicted molar refractivity (Wildman–Crippen MR) is 162 cm³/mol. The standard InChI is InChI=1S/C33H35N3O4S/c1-25(2)40-31-16-10-9-15-30(31)33(37)34-28-17-19-29(20-18-28)41(38,39)36-23-21-35(22-24-36)32(26-11-5-3-6-12-26)27-13-7-4-8-14-27/h3-20,25,32H,21-24H2,1-2H3,(H,34,37). The number of carbonyl (C=O) groups excluding carboxylic acids is 1. The summed E-state index contributed by atoms with van der Waals surface area (Å²) in [5.41, 5.74) is 3.30. The van der Waals surface area contributed by atoms with E-state index < -0.39 is 10.0 Å². The fourth-order valence-electron chi connectivity index (χ4n) is 5.16. The van der Waals surface area contributed by atoms with E-state index in [2.05, 4.69) is 34.5 Å². The number of carbonyl (C=O) groups is 1. The van der Waals surface area contributed by atoms with Crippen LogP contribution in [0.15, 0.2) is 114 Å². The average molecular weight is 570 g/mol. The Morgan fingerprint density at radius 1 is 0.732 bits per heavy atom. The van der Waals surface area contributed by atoms with Crippen molar-refractivity contribution >= 4 is 21.6 Å². The van der Waals surface area contributed by atoms with Crippen LogP contribution in [0.4, 0.5) is 5.69 Å². The summed E-state index contributed by atoms with van der Waals surface area (Å²) >= 11 is 0. The van der Waals surface area contributed by atoms with E-state index in [1.807, 2.05) is 56.3 Å². The van der Waals surface area contributed by atoms with Crippen LogP contribution in [-0.2, 0) is 10.0 Å². The first-order valence-electron chi connectivity index (χ1n) is 13.8. The van der Waals surface area contributed by atoms with Crippen molar-refractivity contribution < 1.29 is 17.9 Å². The van der Waals surface area contributed by atoms with Gasteiger partial charge in [0.25, 0.3) is 5.91 Å². The number of nitrogens with one attached hydrogen (secondary N) is 1. The Kier molecular flexibility index (Phi) is 8.83. The third-order valence-corrected chi connectivity index (χ3v) is 9.03. The number of para-hydroxylation sites is 1. The Labute approximate surface area is 242 Å². The Morgan fingerprint density at radius 2 is 1.27 bits per heavy atom. The summed E-state index contributed by atoms with van der Waals surface area (Å²) < 4.78 is 34.3. The molecule has 1 heterocycles. The lowest BCUT2D eigenvalue weighted by molar-refractivity contribution is 0.102. The van der Waals surface area contributed by atoms with Crippen molar-refractivity contribution in [3.63, 3.8) is 0 Å². The van der Waals surface area contributed by atoms with Gasteiger partial charge in [-0.3, -0.25) is 9.69 Å². The molecular weight excluding hydrogens is 534 g/mol. The van der Waals surface area contributed by atoms with Gasteiger partial charge in [0.15, 0.2) is 0 Å². The molecule has 1 N–H and O–H groups in total. The van der Waals surface area contributed by atoms with Gasteiger partial charge in [-0.25, -0.2) is 8.42 Å². The first-order chi connectivity index (χ1) is 19.8. The van der Waals surface area contributed by atoms with Gasteiger partial charge in [-0.05, 0) is 61.4 Å². The zero-order valence-electron chi connectivity index (χ0n) is 23.3. The van der Waals surface area contributed by atoms with E-state index in [0.29, 0.717) is 43.2 Å². The van der Waals surface area contributed by atoms with Crippen LogP contribution in [0.3, 0.4) is 0 Å². The van der Waals surface area contributed by atoms with Gasteiger partial charge in [-0.15, -0.1) is 0 Å². The molecule has 0 saturated carbocycles. The second kappa shape index (κ2) is 12.7. The largest absolute Gasteiger partial charge is 0.490 e. The van der Waals surface area contributed by atoms with E-state index in [-0.39, 0.29) is 22.9 Å². The highest BCUT2D eigenvalue weighted by Crippen LogP contribution is 2.31. The zero-order chi connectivity index (χ0) is 28.8. The van der Waals surface area contributed by atoms with E-state index in [4.69, 9.17) is 4.74 Å². The van der Waals surface area contributed by atoms with Crippen LogP contribution in [0.2, 0.25) is 0 Å². The Hall–Kier alpha value is -3.98. The zero-order valence-corrected chi connectivity index (χ0v) is 24.1. The number of benzene rings is 4. The van der Waals surface area contributed by atoms with Gasteiger partial charge in [0.1, 0.15) is 5.75 Å². The molecule has 5 rings (SSSR count). The number of hydrogen-bond donors (Lipinski definition) is 1. The van der Waals surface area contributed by atoms with Crippen LogP contribution in [-0.4, -0.2) is 55.8 Å². The van der Waals surface area contributed by atoms with E-state index >= 15 is 0 Å². The van der Waals surface area contributed by atoms with Crippen LogP contribution in [0.1, 0.15) is 41.4 Å². The summed E-state index contributed by atoms with van der Waals surface area (Å²) in [5.74, 6) is 0.180. The number of anilines is 1. The van der Waals surface area contributed by atoms with Crippen molar-refractivity contribution in [1.82, 2.24) is 9.21 Å². The van der Waals surface area contributed by atoms with Gasteiger partial charge in [0, 0.05) is 31.9 Å². The molecule has 0 radical (unpaired) electrons. The summed E-state index contributed by atoms with van der Waals surface area (Å²) in [6.07, 6.45) is -0.0714. The molecule has 1 aliphatic rings. The normalized spacial score (nSPS) is 14.7. The van der Waals surface area contributed by atoms with Gasteiger partial charge in [0.05, 0.1) is 22.6 Å². The van der Waals surface area contributed by atoms with Gasteiger partial charge >= 0.3 is 0 Å². The predicted octanol–water partition coefficient (Wildman–Crippen LogP) is 5.82. The number of rotatable bonds is 9. The average Bonchev–Trinajstić information content (AvgIpc) is 2.99. The first kappa shape index (κ1) is 28.5. The molecular formula is C33H35N3O4S. The number of piperazine rings is 1. The minimum atomic E-state index is -3.68. The highest BCUT2D eigenvalue weighted by molar-refractivity contribution is 7.89. The molecule has 4 aromatic rings. The summed E-state index contributed by atoms with van der Waals surface area (Å²) in [5, 5.41) is 2.85. The number of nitrogens with zero attached hydrogens (tertiary/aromatic N) is 2. The second-order valence-electron chi connectivity index (χ2n) is 10.3. The van der Waals surface area contributed by atoms with Crippen molar-refractivity contribution in [3.05, 3.63) is 126 Å². The summed E-state index contributed by atoms with van der Waals surface area (Å²) in [7, 11) is -3.68. The molecule has 1 aliphatic heterocycles. The fraction of sp³-hybridized carbons (Fsp3) is 0.242. The lowest BCUT2D eigenvalue weighted by Crippen LogP contribution is -2.49. The van der Waals surface area contributed by atoms with Crippen molar-refractivity contribution in [2.24, 2.45) is 0 Å². The Balaban J connectivity index is 1.26. The summed E-state index contributed by atoms with van der Waals surface area (Å²) in [6.45, 7) is 5.81.